The molecule has 6 aliphatic rings. The van der Waals surface area contributed by atoms with Crippen LogP contribution < -0.4 is 0 Å². The Morgan fingerprint density at radius 3 is 2.14 bits per heavy atom. The maximum atomic E-state index is 2.92. The molecule has 3 nitrogen and oxygen atoms in total. The Balaban J connectivity index is 1.01. The number of aromatic nitrogens is 3. The van der Waals surface area contributed by atoms with Gasteiger partial charge in [-0.25, -0.2) is 0 Å². The third kappa shape index (κ3) is 3.58. The Hall–Kier alpha value is -2.16. The molecule has 9 rings (SSSR count). The average molecular weight is 564 g/mol. The fourth-order valence-electron chi connectivity index (χ4n) is 11.9. The summed E-state index contributed by atoms with van der Waals surface area (Å²) in [5.41, 5.74) is 21.4. The summed E-state index contributed by atoms with van der Waals surface area (Å²) in [7, 11) is 0. The van der Waals surface area contributed by atoms with Crippen LogP contribution in [0.15, 0.2) is 0 Å². The van der Waals surface area contributed by atoms with E-state index in [9.17, 15) is 0 Å². The topological polar surface area (TPSA) is 14.8 Å². The van der Waals surface area contributed by atoms with Crippen LogP contribution in [0.2, 0.25) is 0 Å². The first kappa shape index (κ1) is 26.3. The van der Waals surface area contributed by atoms with Crippen LogP contribution in [0.5, 0.6) is 0 Å². The Morgan fingerprint density at radius 1 is 0.571 bits per heavy atom. The summed E-state index contributed by atoms with van der Waals surface area (Å²) >= 11 is 0. The predicted molar refractivity (Wildman–Crippen MR) is 173 cm³/mol. The van der Waals surface area contributed by atoms with E-state index in [0.717, 1.165) is 11.8 Å². The fraction of sp³-hybridized carbons (Fsp3) is 0.692. The van der Waals surface area contributed by atoms with Gasteiger partial charge in [-0.3, -0.25) is 0 Å². The SMILES string of the molecule is CC(CC1CCn2c(C(C)CC3CCc4c3c3c(n4C(C)C)CCC3)c3c(c21)CCC3)c1c2c(n3c1CCC3)CCC2. The summed E-state index contributed by atoms with van der Waals surface area (Å²) in [5.74, 6) is 2.93. The summed E-state index contributed by atoms with van der Waals surface area (Å²) in [6, 6.07) is 0.613. The summed E-state index contributed by atoms with van der Waals surface area (Å²) in [6.45, 7) is 12.6. The van der Waals surface area contributed by atoms with Gasteiger partial charge in [0, 0.05) is 59.2 Å². The van der Waals surface area contributed by atoms with Crippen molar-refractivity contribution in [2.75, 3.05) is 0 Å². The van der Waals surface area contributed by atoms with Gasteiger partial charge in [0.05, 0.1) is 0 Å². The predicted octanol–water partition coefficient (Wildman–Crippen LogP) is 8.99. The van der Waals surface area contributed by atoms with Crippen LogP contribution >= 0.6 is 0 Å². The molecule has 4 unspecified atom stereocenters. The Bertz CT molecular complexity index is 1540. The quantitative estimate of drug-likeness (QED) is 0.272. The van der Waals surface area contributed by atoms with Gasteiger partial charge in [-0.2, -0.15) is 0 Å². The maximum absolute atomic E-state index is 2.92. The van der Waals surface area contributed by atoms with Crippen molar-refractivity contribution in [3.8, 4) is 0 Å². The highest BCUT2D eigenvalue weighted by molar-refractivity contribution is 5.50. The van der Waals surface area contributed by atoms with Crippen LogP contribution in [0.25, 0.3) is 0 Å². The van der Waals surface area contributed by atoms with Gasteiger partial charge in [0.1, 0.15) is 0 Å². The zero-order chi connectivity index (χ0) is 28.3. The third-order valence-corrected chi connectivity index (χ3v) is 13.1. The van der Waals surface area contributed by atoms with E-state index >= 15 is 0 Å². The highest BCUT2D eigenvalue weighted by Gasteiger charge is 2.40. The molecule has 0 spiro atoms. The van der Waals surface area contributed by atoms with Crippen LogP contribution in [-0.4, -0.2) is 13.7 Å². The lowest BCUT2D eigenvalue weighted by Gasteiger charge is -2.21. The van der Waals surface area contributed by atoms with E-state index in [1.54, 1.807) is 39.6 Å². The van der Waals surface area contributed by atoms with Gasteiger partial charge in [0.25, 0.3) is 0 Å². The Morgan fingerprint density at radius 2 is 1.29 bits per heavy atom. The molecule has 3 aromatic heterocycles. The molecule has 5 heterocycles. The molecular formula is C39H53N3. The molecule has 0 bridgehead atoms. The minimum atomic E-state index is 0.613. The zero-order valence-corrected chi connectivity index (χ0v) is 27.0. The molecule has 224 valence electrons. The van der Waals surface area contributed by atoms with Gasteiger partial charge in [-0.05, 0) is 168 Å². The van der Waals surface area contributed by atoms with Crippen molar-refractivity contribution >= 4 is 0 Å². The third-order valence-electron chi connectivity index (χ3n) is 13.1. The second-order valence-electron chi connectivity index (χ2n) is 15.7. The van der Waals surface area contributed by atoms with Crippen molar-refractivity contribution in [3.05, 3.63) is 67.5 Å². The molecule has 0 fully saturated rings. The first-order chi connectivity index (χ1) is 20.5. The lowest BCUT2D eigenvalue weighted by Crippen LogP contribution is -2.10. The van der Waals surface area contributed by atoms with Crippen molar-refractivity contribution in [2.24, 2.45) is 0 Å². The first-order valence-corrected chi connectivity index (χ1v) is 18.2. The van der Waals surface area contributed by atoms with Gasteiger partial charge in [0.2, 0.25) is 0 Å². The molecule has 3 aromatic rings. The van der Waals surface area contributed by atoms with Gasteiger partial charge in [-0.1, -0.05) is 13.8 Å². The van der Waals surface area contributed by atoms with E-state index in [4.69, 9.17) is 0 Å². The van der Waals surface area contributed by atoms with Crippen molar-refractivity contribution in [3.63, 3.8) is 0 Å². The normalized spacial score (nSPS) is 24.8. The number of nitrogens with zero attached hydrogens (tertiary/aromatic N) is 3. The van der Waals surface area contributed by atoms with Crippen molar-refractivity contribution in [1.82, 2.24) is 13.7 Å². The van der Waals surface area contributed by atoms with Gasteiger partial charge >= 0.3 is 0 Å². The molecule has 0 saturated heterocycles. The van der Waals surface area contributed by atoms with E-state index < -0.39 is 0 Å². The summed E-state index contributed by atoms with van der Waals surface area (Å²) in [5, 5.41) is 0. The second-order valence-corrected chi connectivity index (χ2v) is 15.7. The molecular weight excluding hydrogens is 510 g/mol. The maximum Gasteiger partial charge on any atom is 0.0279 e. The van der Waals surface area contributed by atoms with Gasteiger partial charge in [-0.15, -0.1) is 0 Å². The average Bonchev–Trinajstić information content (AvgIpc) is 3.77. The molecule has 0 aromatic carbocycles. The molecule has 4 atom stereocenters. The smallest absolute Gasteiger partial charge is 0.0279 e. The summed E-state index contributed by atoms with van der Waals surface area (Å²) < 4.78 is 8.46. The monoisotopic (exact) mass is 563 g/mol. The second kappa shape index (κ2) is 9.67. The van der Waals surface area contributed by atoms with Crippen LogP contribution in [0.1, 0.15) is 176 Å². The van der Waals surface area contributed by atoms with Gasteiger partial charge in [0.15, 0.2) is 0 Å². The van der Waals surface area contributed by atoms with Crippen molar-refractivity contribution < 1.29 is 0 Å². The highest BCUT2D eigenvalue weighted by Crippen LogP contribution is 2.51. The molecule has 42 heavy (non-hydrogen) atoms. The highest BCUT2D eigenvalue weighted by atomic mass is 15.1. The van der Waals surface area contributed by atoms with E-state index in [1.165, 1.54) is 116 Å². The van der Waals surface area contributed by atoms with Crippen LogP contribution in [-0.2, 0) is 64.5 Å². The van der Waals surface area contributed by atoms with E-state index in [2.05, 4.69) is 41.4 Å². The number of rotatable bonds is 7. The van der Waals surface area contributed by atoms with E-state index in [0.29, 0.717) is 17.9 Å². The minimum Gasteiger partial charge on any atom is -0.348 e. The number of hydrogen-bond donors (Lipinski definition) is 0. The molecule has 2 aliphatic heterocycles. The lowest BCUT2D eigenvalue weighted by atomic mass is 9.84. The molecule has 3 heteroatoms. The van der Waals surface area contributed by atoms with Crippen LogP contribution in [0.4, 0.5) is 0 Å². The lowest BCUT2D eigenvalue weighted by molar-refractivity contribution is 0.516. The van der Waals surface area contributed by atoms with E-state index in [-0.39, 0.29) is 0 Å². The number of fused-ring (bicyclic) bond motifs is 9. The molecule has 4 aliphatic carbocycles. The van der Waals surface area contributed by atoms with Gasteiger partial charge < -0.3 is 13.7 Å². The Labute approximate surface area is 254 Å². The molecule has 0 saturated carbocycles. The molecule has 0 radical (unpaired) electrons. The summed E-state index contributed by atoms with van der Waals surface area (Å²) in [6.07, 6.45) is 21.7. The zero-order valence-electron chi connectivity index (χ0n) is 27.0. The van der Waals surface area contributed by atoms with E-state index in [1.807, 2.05) is 27.9 Å². The van der Waals surface area contributed by atoms with Crippen molar-refractivity contribution in [1.29, 1.82) is 0 Å². The van der Waals surface area contributed by atoms with Crippen LogP contribution in [0.3, 0.4) is 0 Å². The van der Waals surface area contributed by atoms with Crippen molar-refractivity contribution in [2.45, 2.75) is 173 Å². The molecule has 0 amide bonds. The standard InChI is InChI=1S/C39H53N3/c1-23(2)42-33-14-7-12-31(33)37-26(16-17-35(37)42)22-25(4)38-28-9-5-10-29(28)39-27(18-20-41(38)39)21-24(3)36-30-11-6-13-32(30)40-19-8-15-34(36)40/h23-27H,5-22H2,1-4H3. The fourth-order valence-corrected chi connectivity index (χ4v) is 11.9. The first-order valence-electron chi connectivity index (χ1n) is 18.2. The molecule has 0 N–H and O–H groups in total. The minimum absolute atomic E-state index is 0.613. The van der Waals surface area contributed by atoms with Crippen LogP contribution in [0, 0.1) is 0 Å². The number of hydrogen-bond acceptors (Lipinski definition) is 0. The largest absolute Gasteiger partial charge is 0.348 e. The Kier molecular flexibility index (Phi) is 6.05. The summed E-state index contributed by atoms with van der Waals surface area (Å²) in [4.78, 5) is 0.